The third-order valence-corrected chi connectivity index (χ3v) is 3.79. The molecule has 3 aromatic rings. The van der Waals surface area contributed by atoms with Crippen LogP contribution in [0.15, 0.2) is 63.6 Å². The maximum atomic E-state index is 12.4. The van der Waals surface area contributed by atoms with Gasteiger partial charge in [0, 0.05) is 18.0 Å². The first-order chi connectivity index (χ1) is 11.5. The van der Waals surface area contributed by atoms with Crippen molar-refractivity contribution in [2.75, 3.05) is 0 Å². The molecule has 1 aromatic heterocycles. The zero-order valence-electron chi connectivity index (χ0n) is 13.2. The SMILES string of the molecule is CC(=O)c1ccc(N=Nc2c(O)c3ccccc3n(C)c2=O)cc1. The summed E-state index contributed by atoms with van der Waals surface area (Å²) in [6.45, 7) is 1.48. The minimum Gasteiger partial charge on any atom is -0.505 e. The number of carbonyl (C=O) groups is 1. The number of hydrogen-bond acceptors (Lipinski definition) is 5. The van der Waals surface area contributed by atoms with Crippen LogP contribution in [-0.4, -0.2) is 15.5 Å². The van der Waals surface area contributed by atoms with Crippen LogP contribution in [0.3, 0.4) is 0 Å². The van der Waals surface area contributed by atoms with Crippen molar-refractivity contribution < 1.29 is 9.90 Å². The first-order valence-corrected chi connectivity index (χ1v) is 7.32. The Morgan fingerprint density at radius 3 is 2.38 bits per heavy atom. The van der Waals surface area contributed by atoms with Crippen LogP contribution in [0.1, 0.15) is 17.3 Å². The summed E-state index contributed by atoms with van der Waals surface area (Å²) >= 11 is 0. The number of azo groups is 1. The lowest BCUT2D eigenvalue weighted by Crippen LogP contribution is -2.16. The van der Waals surface area contributed by atoms with Crippen LogP contribution < -0.4 is 5.56 Å². The standard InChI is InChI=1S/C18H15N3O3/c1-11(22)12-7-9-13(10-8-12)19-20-16-17(23)14-5-3-4-6-15(14)21(2)18(16)24/h3-10,23H,1-2H3. The second-order valence-corrected chi connectivity index (χ2v) is 5.38. The van der Waals surface area contributed by atoms with Crippen LogP contribution in [-0.2, 0) is 7.05 Å². The molecule has 0 bridgehead atoms. The Bertz CT molecular complexity index is 1020. The van der Waals surface area contributed by atoms with Gasteiger partial charge in [-0.1, -0.05) is 12.1 Å². The fraction of sp³-hybridized carbons (Fsp3) is 0.111. The average Bonchev–Trinajstić information content (AvgIpc) is 2.60. The zero-order chi connectivity index (χ0) is 17.3. The summed E-state index contributed by atoms with van der Waals surface area (Å²) in [6, 6.07) is 13.5. The second kappa shape index (κ2) is 6.08. The molecule has 0 radical (unpaired) electrons. The Balaban J connectivity index is 2.07. The van der Waals surface area contributed by atoms with Gasteiger partial charge in [0.25, 0.3) is 5.56 Å². The Kier molecular flexibility index (Phi) is 3.95. The molecule has 3 rings (SSSR count). The molecule has 0 aliphatic heterocycles. The summed E-state index contributed by atoms with van der Waals surface area (Å²) < 4.78 is 1.42. The predicted molar refractivity (Wildman–Crippen MR) is 91.5 cm³/mol. The van der Waals surface area contributed by atoms with Crippen LogP contribution in [0.4, 0.5) is 11.4 Å². The number of ketones is 1. The van der Waals surface area contributed by atoms with Crippen LogP contribution in [0.5, 0.6) is 5.75 Å². The molecule has 0 atom stereocenters. The molecular weight excluding hydrogens is 306 g/mol. The van der Waals surface area contributed by atoms with Gasteiger partial charge in [-0.05, 0) is 43.3 Å². The maximum Gasteiger partial charge on any atom is 0.282 e. The quantitative estimate of drug-likeness (QED) is 0.587. The summed E-state index contributed by atoms with van der Waals surface area (Å²) in [5.41, 5.74) is 1.11. The largest absolute Gasteiger partial charge is 0.505 e. The van der Waals surface area contributed by atoms with Gasteiger partial charge >= 0.3 is 0 Å². The van der Waals surface area contributed by atoms with E-state index in [4.69, 9.17) is 0 Å². The van der Waals surface area contributed by atoms with Gasteiger partial charge in [0.15, 0.2) is 17.2 Å². The number of aromatic nitrogens is 1. The van der Waals surface area contributed by atoms with E-state index in [1.54, 1.807) is 55.6 Å². The lowest BCUT2D eigenvalue weighted by atomic mass is 10.1. The number of aromatic hydroxyl groups is 1. The van der Waals surface area contributed by atoms with Crippen LogP contribution in [0.2, 0.25) is 0 Å². The van der Waals surface area contributed by atoms with Gasteiger partial charge in [-0.25, -0.2) is 0 Å². The lowest BCUT2D eigenvalue weighted by Gasteiger charge is -2.08. The smallest absolute Gasteiger partial charge is 0.282 e. The molecule has 0 spiro atoms. The topological polar surface area (TPSA) is 84.0 Å². The molecule has 0 unspecified atom stereocenters. The highest BCUT2D eigenvalue weighted by Gasteiger charge is 2.13. The fourth-order valence-corrected chi connectivity index (χ4v) is 2.42. The summed E-state index contributed by atoms with van der Waals surface area (Å²) in [5, 5.41) is 18.8. The Hall–Kier alpha value is -3.28. The Morgan fingerprint density at radius 1 is 1.04 bits per heavy atom. The molecule has 0 amide bonds. The maximum absolute atomic E-state index is 12.4. The van der Waals surface area contributed by atoms with Crippen LogP contribution in [0, 0.1) is 0 Å². The number of rotatable bonds is 3. The molecule has 0 aliphatic rings. The van der Waals surface area contributed by atoms with Gasteiger partial charge in [0.2, 0.25) is 0 Å². The highest BCUT2D eigenvalue weighted by Crippen LogP contribution is 2.32. The van der Waals surface area contributed by atoms with Crippen molar-refractivity contribution >= 4 is 28.1 Å². The van der Waals surface area contributed by atoms with E-state index in [2.05, 4.69) is 10.2 Å². The number of nitrogens with zero attached hydrogens (tertiary/aromatic N) is 3. The molecule has 120 valence electrons. The van der Waals surface area contributed by atoms with Gasteiger partial charge in [0.1, 0.15) is 0 Å². The number of fused-ring (bicyclic) bond motifs is 1. The molecule has 1 N–H and O–H groups in total. The summed E-state index contributed by atoms with van der Waals surface area (Å²) in [4.78, 5) is 23.6. The zero-order valence-corrected chi connectivity index (χ0v) is 13.2. The van der Waals surface area contributed by atoms with Gasteiger partial charge in [-0.3, -0.25) is 9.59 Å². The minimum atomic E-state index is -0.435. The van der Waals surface area contributed by atoms with Gasteiger partial charge in [-0.2, -0.15) is 5.11 Å². The van der Waals surface area contributed by atoms with E-state index in [-0.39, 0.29) is 17.2 Å². The van der Waals surface area contributed by atoms with E-state index in [9.17, 15) is 14.7 Å². The van der Waals surface area contributed by atoms with Gasteiger partial charge < -0.3 is 9.67 Å². The highest BCUT2D eigenvalue weighted by atomic mass is 16.3. The monoisotopic (exact) mass is 321 g/mol. The average molecular weight is 321 g/mol. The van der Waals surface area contributed by atoms with Gasteiger partial charge in [-0.15, -0.1) is 5.11 Å². The van der Waals surface area contributed by atoms with Crippen molar-refractivity contribution in [3.63, 3.8) is 0 Å². The first kappa shape index (κ1) is 15.6. The minimum absolute atomic E-state index is 0.0421. The van der Waals surface area contributed by atoms with E-state index in [1.165, 1.54) is 11.5 Å². The molecule has 1 heterocycles. The van der Waals surface area contributed by atoms with Crippen molar-refractivity contribution in [1.29, 1.82) is 0 Å². The molecule has 6 nitrogen and oxygen atoms in total. The van der Waals surface area contributed by atoms with E-state index in [0.717, 1.165) is 0 Å². The lowest BCUT2D eigenvalue weighted by molar-refractivity contribution is 0.101. The van der Waals surface area contributed by atoms with Crippen molar-refractivity contribution in [2.24, 2.45) is 17.3 Å². The van der Waals surface area contributed by atoms with Crippen molar-refractivity contribution in [1.82, 2.24) is 4.57 Å². The number of carbonyl (C=O) groups excluding carboxylic acids is 1. The summed E-state index contributed by atoms with van der Waals surface area (Å²) in [7, 11) is 1.62. The van der Waals surface area contributed by atoms with E-state index < -0.39 is 5.56 Å². The Labute approximate surface area is 137 Å². The van der Waals surface area contributed by atoms with E-state index >= 15 is 0 Å². The second-order valence-electron chi connectivity index (χ2n) is 5.38. The van der Waals surface area contributed by atoms with Gasteiger partial charge in [0.05, 0.1) is 11.2 Å². The molecule has 2 aromatic carbocycles. The molecule has 0 saturated carbocycles. The molecule has 0 fully saturated rings. The normalized spacial score (nSPS) is 11.2. The fourth-order valence-electron chi connectivity index (χ4n) is 2.42. The molecular formula is C18H15N3O3. The number of benzene rings is 2. The molecule has 0 saturated heterocycles. The highest BCUT2D eigenvalue weighted by molar-refractivity contribution is 5.94. The number of hydrogen-bond donors (Lipinski definition) is 1. The number of Topliss-reactive ketones (excluding diaryl/α,β-unsaturated/α-hetero) is 1. The van der Waals surface area contributed by atoms with Crippen molar-refractivity contribution in [3.8, 4) is 5.75 Å². The third-order valence-electron chi connectivity index (χ3n) is 3.79. The van der Waals surface area contributed by atoms with E-state index in [0.29, 0.717) is 22.2 Å². The van der Waals surface area contributed by atoms with E-state index in [1.807, 2.05) is 0 Å². The predicted octanol–water partition coefficient (Wildman–Crippen LogP) is 3.86. The molecule has 0 aliphatic carbocycles. The number of aryl methyl sites for hydroxylation is 1. The first-order valence-electron chi connectivity index (χ1n) is 7.32. The summed E-state index contributed by atoms with van der Waals surface area (Å²) in [6.07, 6.45) is 0. The third kappa shape index (κ3) is 2.69. The molecule has 6 heteroatoms. The Morgan fingerprint density at radius 2 is 1.71 bits per heavy atom. The van der Waals surface area contributed by atoms with Crippen molar-refractivity contribution in [3.05, 3.63) is 64.4 Å². The van der Waals surface area contributed by atoms with Crippen LogP contribution >= 0.6 is 0 Å². The number of pyridine rings is 1. The van der Waals surface area contributed by atoms with Crippen LogP contribution in [0.25, 0.3) is 10.9 Å². The number of para-hydroxylation sites is 1. The summed E-state index contributed by atoms with van der Waals surface area (Å²) in [5.74, 6) is -0.239. The molecule has 24 heavy (non-hydrogen) atoms. The van der Waals surface area contributed by atoms with Crippen molar-refractivity contribution in [2.45, 2.75) is 6.92 Å².